The van der Waals surface area contributed by atoms with Crippen LogP contribution >= 0.6 is 11.8 Å². The van der Waals surface area contributed by atoms with Gasteiger partial charge in [-0.25, -0.2) is 9.97 Å². The molecule has 0 aliphatic carbocycles. The molecule has 1 heterocycles. The molecule has 0 aromatic carbocycles. The van der Waals surface area contributed by atoms with Gasteiger partial charge in [0.25, 0.3) is 0 Å². The van der Waals surface area contributed by atoms with E-state index in [4.69, 9.17) is 5.73 Å². The zero-order valence-corrected chi connectivity index (χ0v) is 11.3. The molecule has 0 spiro atoms. The molecule has 5 nitrogen and oxygen atoms in total. The van der Waals surface area contributed by atoms with Gasteiger partial charge in [0.05, 0.1) is 7.11 Å². The minimum absolute atomic E-state index is 0.378. The van der Waals surface area contributed by atoms with E-state index in [1.807, 2.05) is 19.9 Å². The summed E-state index contributed by atoms with van der Waals surface area (Å²) >= 11 is 1.35. The number of aryl methyl sites for hydroxylation is 2. The number of nitrogens with zero attached hydrogens (tertiary/aromatic N) is 2. The molecule has 0 saturated carbocycles. The maximum atomic E-state index is 11.4. The second-order valence-corrected chi connectivity index (χ2v) is 5.07. The van der Waals surface area contributed by atoms with Crippen LogP contribution in [0.1, 0.15) is 18.3 Å². The summed E-state index contributed by atoms with van der Waals surface area (Å²) in [4.78, 5) is 19.9. The standard InChI is InChI=1S/C11H17N3O2S/c1-7-5-8(2)14-10(13-7)17-6-11(3,12)9(15)16-4/h5H,6,12H2,1-4H3. The van der Waals surface area contributed by atoms with Crippen LogP contribution in [0, 0.1) is 13.8 Å². The SMILES string of the molecule is COC(=O)C(C)(N)CSc1nc(C)cc(C)n1. The lowest BCUT2D eigenvalue weighted by atomic mass is 10.1. The van der Waals surface area contributed by atoms with E-state index in [2.05, 4.69) is 14.7 Å². The zero-order valence-electron chi connectivity index (χ0n) is 10.5. The second kappa shape index (κ2) is 5.46. The monoisotopic (exact) mass is 255 g/mol. The average molecular weight is 255 g/mol. The van der Waals surface area contributed by atoms with E-state index >= 15 is 0 Å². The fourth-order valence-corrected chi connectivity index (χ4v) is 2.23. The lowest BCUT2D eigenvalue weighted by Gasteiger charge is -2.20. The summed E-state index contributed by atoms with van der Waals surface area (Å²) in [6.07, 6.45) is 0. The van der Waals surface area contributed by atoms with Crippen molar-refractivity contribution in [1.29, 1.82) is 0 Å². The van der Waals surface area contributed by atoms with Crippen molar-refractivity contribution in [1.82, 2.24) is 9.97 Å². The zero-order chi connectivity index (χ0) is 13.1. The highest BCUT2D eigenvalue weighted by atomic mass is 32.2. The molecule has 1 aromatic rings. The Morgan fingerprint density at radius 3 is 2.47 bits per heavy atom. The first kappa shape index (κ1) is 13.9. The first-order valence-electron chi connectivity index (χ1n) is 5.17. The number of methoxy groups -OCH3 is 1. The van der Waals surface area contributed by atoms with E-state index in [1.54, 1.807) is 6.92 Å². The van der Waals surface area contributed by atoms with E-state index in [-0.39, 0.29) is 0 Å². The third-order valence-electron chi connectivity index (χ3n) is 2.11. The topological polar surface area (TPSA) is 78.1 Å². The van der Waals surface area contributed by atoms with Gasteiger partial charge in [-0.2, -0.15) is 0 Å². The molecule has 0 bridgehead atoms. The molecule has 0 radical (unpaired) electrons. The molecule has 0 saturated heterocycles. The molecule has 1 rings (SSSR count). The Bertz CT molecular complexity index is 401. The maximum absolute atomic E-state index is 11.4. The van der Waals surface area contributed by atoms with Crippen LogP contribution < -0.4 is 5.73 Å². The number of thioether (sulfide) groups is 1. The number of hydrogen-bond donors (Lipinski definition) is 1. The number of hydrogen-bond acceptors (Lipinski definition) is 6. The van der Waals surface area contributed by atoms with Gasteiger partial charge < -0.3 is 10.5 Å². The lowest BCUT2D eigenvalue weighted by Crippen LogP contribution is -2.48. The Balaban J connectivity index is 2.70. The Morgan fingerprint density at radius 1 is 1.47 bits per heavy atom. The van der Waals surface area contributed by atoms with Crippen molar-refractivity contribution in [2.24, 2.45) is 5.73 Å². The molecule has 1 unspecified atom stereocenters. The third-order valence-corrected chi connectivity index (χ3v) is 3.30. The first-order chi connectivity index (χ1) is 7.85. The number of ether oxygens (including phenoxy) is 1. The molecule has 1 atom stereocenters. The quantitative estimate of drug-likeness (QED) is 0.493. The van der Waals surface area contributed by atoms with Crippen LogP contribution in [0.15, 0.2) is 11.2 Å². The fraction of sp³-hybridized carbons (Fsp3) is 0.545. The van der Waals surface area contributed by atoms with E-state index in [1.165, 1.54) is 18.9 Å². The average Bonchev–Trinajstić information content (AvgIpc) is 2.24. The van der Waals surface area contributed by atoms with Crippen molar-refractivity contribution in [3.8, 4) is 0 Å². The smallest absolute Gasteiger partial charge is 0.326 e. The van der Waals surface area contributed by atoms with E-state index in [0.29, 0.717) is 10.9 Å². The number of esters is 1. The van der Waals surface area contributed by atoms with Crippen LogP contribution in [0.5, 0.6) is 0 Å². The number of carbonyl (C=O) groups is 1. The molecule has 2 N–H and O–H groups in total. The molecular weight excluding hydrogens is 238 g/mol. The van der Waals surface area contributed by atoms with Crippen molar-refractivity contribution in [3.05, 3.63) is 17.5 Å². The Hall–Kier alpha value is -1.14. The molecule has 94 valence electrons. The van der Waals surface area contributed by atoms with Crippen molar-refractivity contribution in [3.63, 3.8) is 0 Å². The van der Waals surface area contributed by atoms with Crippen molar-refractivity contribution in [2.75, 3.05) is 12.9 Å². The summed E-state index contributed by atoms with van der Waals surface area (Å²) in [5.74, 6) is -0.0582. The summed E-state index contributed by atoms with van der Waals surface area (Å²) in [7, 11) is 1.32. The van der Waals surface area contributed by atoms with Gasteiger partial charge in [0.1, 0.15) is 5.54 Å². The van der Waals surface area contributed by atoms with Gasteiger partial charge in [0, 0.05) is 17.1 Å². The molecule has 0 aliphatic heterocycles. The van der Waals surface area contributed by atoms with Gasteiger partial charge >= 0.3 is 5.97 Å². The minimum atomic E-state index is -1.03. The summed E-state index contributed by atoms with van der Waals surface area (Å²) in [5.41, 5.74) is 6.62. The largest absolute Gasteiger partial charge is 0.468 e. The van der Waals surface area contributed by atoms with E-state index < -0.39 is 11.5 Å². The normalized spacial score (nSPS) is 14.2. The summed E-state index contributed by atoms with van der Waals surface area (Å²) in [5, 5.41) is 0.628. The number of carbonyl (C=O) groups excluding carboxylic acids is 1. The highest BCUT2D eigenvalue weighted by molar-refractivity contribution is 7.99. The van der Waals surface area contributed by atoms with Crippen LogP contribution in [-0.2, 0) is 9.53 Å². The Morgan fingerprint density at radius 2 is 2.00 bits per heavy atom. The highest BCUT2D eigenvalue weighted by Gasteiger charge is 2.29. The fourth-order valence-electron chi connectivity index (χ4n) is 1.26. The lowest BCUT2D eigenvalue weighted by molar-refractivity contribution is -0.145. The number of rotatable bonds is 4. The molecule has 17 heavy (non-hydrogen) atoms. The van der Waals surface area contributed by atoms with Crippen LogP contribution in [0.2, 0.25) is 0 Å². The van der Waals surface area contributed by atoms with Gasteiger partial charge in [0.2, 0.25) is 0 Å². The van der Waals surface area contributed by atoms with Crippen LogP contribution in [0.3, 0.4) is 0 Å². The Labute approximate surface area is 105 Å². The van der Waals surface area contributed by atoms with Crippen LogP contribution in [0.25, 0.3) is 0 Å². The van der Waals surface area contributed by atoms with E-state index in [9.17, 15) is 4.79 Å². The van der Waals surface area contributed by atoms with Gasteiger partial charge in [-0.15, -0.1) is 0 Å². The number of aromatic nitrogens is 2. The minimum Gasteiger partial charge on any atom is -0.468 e. The predicted octanol–water partition coefficient (Wildman–Crippen LogP) is 1.08. The molecule has 0 fully saturated rings. The van der Waals surface area contributed by atoms with Gasteiger partial charge in [-0.3, -0.25) is 4.79 Å². The van der Waals surface area contributed by atoms with Crippen molar-refractivity contribution in [2.45, 2.75) is 31.5 Å². The third kappa shape index (κ3) is 3.98. The Kier molecular flexibility index (Phi) is 4.47. The van der Waals surface area contributed by atoms with Crippen LogP contribution in [0.4, 0.5) is 0 Å². The van der Waals surface area contributed by atoms with E-state index in [0.717, 1.165) is 11.4 Å². The highest BCUT2D eigenvalue weighted by Crippen LogP contribution is 2.19. The summed E-state index contributed by atoms with van der Waals surface area (Å²) in [6.45, 7) is 5.44. The summed E-state index contributed by atoms with van der Waals surface area (Å²) < 4.78 is 4.63. The molecule has 6 heteroatoms. The van der Waals surface area contributed by atoms with Gasteiger partial charge in [-0.1, -0.05) is 11.8 Å². The maximum Gasteiger partial charge on any atom is 0.326 e. The van der Waals surface area contributed by atoms with Crippen molar-refractivity contribution < 1.29 is 9.53 Å². The van der Waals surface area contributed by atoms with Crippen molar-refractivity contribution >= 4 is 17.7 Å². The second-order valence-electron chi connectivity index (χ2n) is 4.13. The molecular formula is C11H17N3O2S. The summed E-state index contributed by atoms with van der Waals surface area (Å²) in [6, 6.07) is 1.89. The van der Waals surface area contributed by atoms with Gasteiger partial charge in [-0.05, 0) is 26.8 Å². The van der Waals surface area contributed by atoms with Gasteiger partial charge in [0.15, 0.2) is 5.16 Å². The molecule has 0 aliphatic rings. The first-order valence-corrected chi connectivity index (χ1v) is 6.16. The molecule has 0 amide bonds. The number of nitrogens with two attached hydrogens (primary N) is 1. The molecule has 1 aromatic heterocycles. The van der Waals surface area contributed by atoms with Crippen LogP contribution in [-0.4, -0.2) is 34.3 Å². The predicted molar refractivity (Wildman–Crippen MR) is 66.8 cm³/mol.